The van der Waals surface area contributed by atoms with E-state index in [1.807, 2.05) is 30.5 Å². The molecule has 2 saturated heterocycles. The molecule has 3 aromatic heterocycles. The molecule has 0 amide bonds. The maximum atomic E-state index is 10.7. The lowest BCUT2D eigenvalue weighted by molar-refractivity contribution is 0.0792. The molecule has 3 aromatic rings. The lowest BCUT2D eigenvalue weighted by Crippen LogP contribution is -2.54. The maximum absolute atomic E-state index is 10.7. The summed E-state index contributed by atoms with van der Waals surface area (Å²) in [5.41, 5.74) is 0.835. The summed E-state index contributed by atoms with van der Waals surface area (Å²) in [5, 5.41) is 11.7. The van der Waals surface area contributed by atoms with Crippen molar-refractivity contribution in [3.05, 3.63) is 49.0 Å². The first-order valence-corrected chi connectivity index (χ1v) is 9.45. The Balaban J connectivity index is 1.28. The standard InChI is InChI=1S/C20H23N5O2/c26-17-14-25(20-15-5-12-27-18(15)4-7-22-20)13-16(17)23-8-10-24(11-9-23)19-3-1-2-6-21-19/h1-7,12,16-17,26H,8-11,13-14H2/t16-,17-/m1/s1. The van der Waals surface area contributed by atoms with Gasteiger partial charge in [-0.15, -0.1) is 0 Å². The summed E-state index contributed by atoms with van der Waals surface area (Å²) in [7, 11) is 0. The molecule has 27 heavy (non-hydrogen) atoms. The molecular formula is C20H23N5O2. The third-order valence-electron chi connectivity index (χ3n) is 5.67. The fourth-order valence-corrected chi connectivity index (χ4v) is 4.26. The fourth-order valence-electron chi connectivity index (χ4n) is 4.26. The van der Waals surface area contributed by atoms with Gasteiger partial charge in [-0.05, 0) is 24.3 Å². The number of aliphatic hydroxyl groups excluding tert-OH is 1. The van der Waals surface area contributed by atoms with Crippen LogP contribution in [0.1, 0.15) is 0 Å². The summed E-state index contributed by atoms with van der Waals surface area (Å²) < 4.78 is 5.49. The third-order valence-corrected chi connectivity index (χ3v) is 5.67. The van der Waals surface area contributed by atoms with Crippen LogP contribution in [0.5, 0.6) is 0 Å². The summed E-state index contributed by atoms with van der Waals surface area (Å²) in [5.74, 6) is 1.93. The number of anilines is 2. The zero-order chi connectivity index (χ0) is 18.2. The average molecular weight is 365 g/mol. The summed E-state index contributed by atoms with van der Waals surface area (Å²) in [6.07, 6.45) is 4.92. The number of aliphatic hydroxyl groups is 1. The number of rotatable bonds is 3. The van der Waals surface area contributed by atoms with Crippen LogP contribution in [-0.2, 0) is 0 Å². The Bertz CT molecular complexity index is 907. The van der Waals surface area contributed by atoms with E-state index in [1.54, 1.807) is 12.5 Å². The number of piperazine rings is 1. The van der Waals surface area contributed by atoms with Crippen molar-refractivity contribution in [2.24, 2.45) is 0 Å². The first-order valence-electron chi connectivity index (χ1n) is 9.45. The molecule has 0 aliphatic carbocycles. The summed E-state index contributed by atoms with van der Waals surface area (Å²) in [4.78, 5) is 15.9. The molecule has 5 rings (SSSR count). The van der Waals surface area contributed by atoms with Gasteiger partial charge in [0.1, 0.15) is 17.2 Å². The monoisotopic (exact) mass is 365 g/mol. The van der Waals surface area contributed by atoms with Crippen molar-refractivity contribution in [2.45, 2.75) is 12.1 Å². The second-order valence-corrected chi connectivity index (χ2v) is 7.22. The minimum Gasteiger partial charge on any atom is -0.464 e. The molecular weight excluding hydrogens is 342 g/mol. The van der Waals surface area contributed by atoms with Crippen molar-refractivity contribution in [1.29, 1.82) is 0 Å². The highest BCUT2D eigenvalue weighted by molar-refractivity contribution is 5.88. The van der Waals surface area contributed by atoms with E-state index < -0.39 is 0 Å². The molecule has 0 aromatic carbocycles. The molecule has 2 aliphatic heterocycles. The van der Waals surface area contributed by atoms with Gasteiger partial charge in [0.15, 0.2) is 0 Å². The van der Waals surface area contributed by atoms with Gasteiger partial charge in [0, 0.05) is 51.7 Å². The highest BCUT2D eigenvalue weighted by Gasteiger charge is 2.38. The van der Waals surface area contributed by atoms with Crippen LogP contribution >= 0.6 is 0 Å². The van der Waals surface area contributed by atoms with Crippen molar-refractivity contribution in [2.75, 3.05) is 49.1 Å². The number of β-amino-alcohol motifs (C(OH)–C–C–N with tert-alkyl or cyclic N) is 1. The lowest BCUT2D eigenvalue weighted by atomic mass is 10.1. The van der Waals surface area contributed by atoms with Gasteiger partial charge in [0.25, 0.3) is 0 Å². The number of pyridine rings is 2. The van der Waals surface area contributed by atoms with E-state index in [-0.39, 0.29) is 12.1 Å². The van der Waals surface area contributed by atoms with Gasteiger partial charge in [-0.2, -0.15) is 0 Å². The maximum Gasteiger partial charge on any atom is 0.139 e. The highest BCUT2D eigenvalue weighted by atomic mass is 16.3. The number of hydrogen-bond donors (Lipinski definition) is 1. The zero-order valence-corrected chi connectivity index (χ0v) is 15.1. The fraction of sp³-hybridized carbons (Fsp3) is 0.400. The van der Waals surface area contributed by atoms with Crippen LogP contribution in [0.3, 0.4) is 0 Å². The average Bonchev–Trinajstić information content (AvgIpc) is 3.35. The number of hydrogen-bond acceptors (Lipinski definition) is 7. The quantitative estimate of drug-likeness (QED) is 0.756. The second kappa shape index (κ2) is 6.83. The highest BCUT2D eigenvalue weighted by Crippen LogP contribution is 2.29. The number of furan rings is 1. The van der Waals surface area contributed by atoms with E-state index in [2.05, 4.69) is 30.7 Å². The van der Waals surface area contributed by atoms with Gasteiger partial charge in [0.05, 0.1) is 23.8 Å². The van der Waals surface area contributed by atoms with Crippen LogP contribution in [0, 0.1) is 0 Å². The number of nitrogens with zero attached hydrogens (tertiary/aromatic N) is 5. The second-order valence-electron chi connectivity index (χ2n) is 7.22. The lowest BCUT2D eigenvalue weighted by Gasteiger charge is -2.39. The summed E-state index contributed by atoms with van der Waals surface area (Å²) in [6.45, 7) is 5.08. The van der Waals surface area contributed by atoms with E-state index >= 15 is 0 Å². The van der Waals surface area contributed by atoms with Crippen LogP contribution in [0.4, 0.5) is 11.6 Å². The number of fused-ring (bicyclic) bond motifs is 1. The molecule has 7 nitrogen and oxygen atoms in total. The third kappa shape index (κ3) is 3.02. The first kappa shape index (κ1) is 16.5. The smallest absolute Gasteiger partial charge is 0.139 e. The topological polar surface area (TPSA) is 68.9 Å². The SMILES string of the molecule is O[C@@H]1CN(c2nccc3occc23)C[C@H]1N1CCN(c2ccccn2)CC1. The van der Waals surface area contributed by atoms with E-state index in [9.17, 15) is 5.11 Å². The normalized spacial score (nSPS) is 24.0. The molecule has 2 atom stereocenters. The first-order chi connectivity index (χ1) is 13.3. The van der Waals surface area contributed by atoms with E-state index in [1.165, 1.54) is 0 Å². The molecule has 0 saturated carbocycles. The molecule has 1 N–H and O–H groups in total. The molecule has 7 heteroatoms. The van der Waals surface area contributed by atoms with Crippen LogP contribution in [0.2, 0.25) is 0 Å². The van der Waals surface area contributed by atoms with Crippen LogP contribution < -0.4 is 9.80 Å². The Morgan fingerprint density at radius 2 is 1.81 bits per heavy atom. The van der Waals surface area contributed by atoms with E-state index in [0.29, 0.717) is 6.54 Å². The molecule has 0 spiro atoms. The molecule has 0 bridgehead atoms. The van der Waals surface area contributed by atoms with Crippen LogP contribution in [-0.4, -0.2) is 71.4 Å². The van der Waals surface area contributed by atoms with E-state index in [0.717, 1.165) is 55.3 Å². The van der Waals surface area contributed by atoms with E-state index in [4.69, 9.17) is 4.42 Å². The van der Waals surface area contributed by atoms with Crippen molar-refractivity contribution in [1.82, 2.24) is 14.9 Å². The number of aromatic nitrogens is 2. The minimum atomic E-state index is -0.379. The van der Waals surface area contributed by atoms with Gasteiger partial charge in [0.2, 0.25) is 0 Å². The zero-order valence-electron chi connectivity index (χ0n) is 15.1. The minimum absolute atomic E-state index is 0.125. The molecule has 140 valence electrons. The predicted octanol–water partition coefficient (Wildman–Crippen LogP) is 1.59. The summed E-state index contributed by atoms with van der Waals surface area (Å²) in [6, 6.07) is 9.97. The molecule has 2 fully saturated rings. The van der Waals surface area contributed by atoms with Gasteiger partial charge in [-0.3, -0.25) is 4.90 Å². The molecule has 0 unspecified atom stereocenters. The Morgan fingerprint density at radius 1 is 0.926 bits per heavy atom. The Kier molecular flexibility index (Phi) is 4.18. The van der Waals surface area contributed by atoms with Gasteiger partial charge in [-0.25, -0.2) is 9.97 Å². The molecule has 0 radical (unpaired) electrons. The van der Waals surface area contributed by atoms with Crippen LogP contribution in [0.15, 0.2) is 53.4 Å². The summed E-state index contributed by atoms with van der Waals surface area (Å²) >= 11 is 0. The van der Waals surface area contributed by atoms with Gasteiger partial charge in [-0.1, -0.05) is 6.07 Å². The van der Waals surface area contributed by atoms with Gasteiger partial charge >= 0.3 is 0 Å². The Hall–Kier alpha value is -2.64. The molecule has 5 heterocycles. The molecule has 2 aliphatic rings. The largest absolute Gasteiger partial charge is 0.464 e. The van der Waals surface area contributed by atoms with Crippen molar-refractivity contribution < 1.29 is 9.52 Å². The van der Waals surface area contributed by atoms with Crippen LogP contribution in [0.25, 0.3) is 11.0 Å². The van der Waals surface area contributed by atoms with Gasteiger partial charge < -0.3 is 19.3 Å². The predicted molar refractivity (Wildman–Crippen MR) is 104 cm³/mol. The van der Waals surface area contributed by atoms with Crippen molar-refractivity contribution in [3.8, 4) is 0 Å². The van der Waals surface area contributed by atoms with Crippen molar-refractivity contribution >= 4 is 22.6 Å². The Labute approximate surface area is 157 Å². The van der Waals surface area contributed by atoms with Crippen molar-refractivity contribution in [3.63, 3.8) is 0 Å². The Morgan fingerprint density at radius 3 is 2.63 bits per heavy atom.